The van der Waals surface area contributed by atoms with Crippen LogP contribution in [0.5, 0.6) is 0 Å². The van der Waals surface area contributed by atoms with Crippen molar-refractivity contribution in [2.24, 2.45) is 5.92 Å². The van der Waals surface area contributed by atoms with E-state index in [-0.39, 0.29) is 12.3 Å². The number of carboxylic acids is 1. The van der Waals surface area contributed by atoms with E-state index < -0.39 is 11.9 Å². The number of aromatic nitrogens is 1. The lowest BCUT2D eigenvalue weighted by atomic mass is 10.1. The number of carboxylic acid groups (broad SMARTS) is 1. The Balaban J connectivity index is 1.56. The van der Waals surface area contributed by atoms with Gasteiger partial charge < -0.3 is 10.4 Å². The van der Waals surface area contributed by atoms with Crippen LogP contribution < -0.4 is 5.32 Å². The standard InChI is InChI=1S/C24H36N2O3S2/c1-2-3-4-5-6-7-8-9-10-13-16-25-22(27)17-19(23(28)29)18-30-24-26-20-14-11-12-15-21(20)31-24/h11-12,14-15,19H,2-10,13,16-18H2,1H3,(H,25,27)(H,28,29). The summed E-state index contributed by atoms with van der Waals surface area (Å²) in [5, 5.41) is 12.4. The van der Waals surface area contributed by atoms with E-state index >= 15 is 0 Å². The minimum atomic E-state index is -0.928. The molecule has 2 N–H and O–H groups in total. The first-order valence-corrected chi connectivity index (χ1v) is 13.4. The van der Waals surface area contributed by atoms with E-state index in [1.165, 1.54) is 63.1 Å². The van der Waals surface area contributed by atoms with Gasteiger partial charge in [-0.1, -0.05) is 88.6 Å². The fourth-order valence-electron chi connectivity index (χ4n) is 3.44. The normalized spacial score (nSPS) is 12.2. The molecule has 7 heteroatoms. The molecule has 2 aromatic rings. The van der Waals surface area contributed by atoms with E-state index in [2.05, 4.69) is 17.2 Å². The van der Waals surface area contributed by atoms with Crippen molar-refractivity contribution in [1.82, 2.24) is 10.3 Å². The second kappa shape index (κ2) is 15.2. The number of carbonyl (C=O) groups excluding carboxylic acids is 1. The number of aliphatic carboxylic acids is 1. The van der Waals surface area contributed by atoms with Crippen molar-refractivity contribution in [1.29, 1.82) is 0 Å². The highest BCUT2D eigenvalue weighted by Gasteiger charge is 2.22. The second-order valence-electron chi connectivity index (χ2n) is 8.03. The van der Waals surface area contributed by atoms with Crippen LogP contribution in [0.3, 0.4) is 0 Å². The second-order valence-corrected chi connectivity index (χ2v) is 10.3. The number of para-hydroxylation sites is 1. The van der Waals surface area contributed by atoms with Gasteiger partial charge in [0.1, 0.15) is 0 Å². The smallest absolute Gasteiger partial charge is 0.307 e. The number of thiazole rings is 1. The van der Waals surface area contributed by atoms with Gasteiger partial charge in [-0.05, 0) is 18.6 Å². The molecule has 2 rings (SSSR count). The van der Waals surface area contributed by atoms with Gasteiger partial charge in [0.25, 0.3) is 0 Å². The summed E-state index contributed by atoms with van der Waals surface area (Å²) in [7, 11) is 0. The summed E-state index contributed by atoms with van der Waals surface area (Å²) in [6.45, 7) is 2.87. The molecule has 0 aliphatic rings. The molecule has 1 heterocycles. The molecule has 0 aliphatic carbocycles. The topological polar surface area (TPSA) is 79.3 Å². The lowest BCUT2D eigenvalue weighted by Gasteiger charge is -2.11. The number of hydrogen-bond acceptors (Lipinski definition) is 5. The van der Waals surface area contributed by atoms with Crippen LogP contribution in [0.1, 0.15) is 77.6 Å². The Kier molecular flexibility index (Phi) is 12.6. The zero-order valence-corrected chi connectivity index (χ0v) is 20.2. The van der Waals surface area contributed by atoms with E-state index in [0.717, 1.165) is 27.4 Å². The van der Waals surface area contributed by atoms with E-state index in [0.29, 0.717) is 12.3 Å². The Bertz CT molecular complexity index is 761. The summed E-state index contributed by atoms with van der Waals surface area (Å²) in [5.41, 5.74) is 0.927. The maximum absolute atomic E-state index is 12.2. The number of thioether (sulfide) groups is 1. The van der Waals surface area contributed by atoms with Crippen LogP contribution >= 0.6 is 23.1 Å². The summed E-state index contributed by atoms with van der Waals surface area (Å²) >= 11 is 2.97. The van der Waals surface area contributed by atoms with Gasteiger partial charge in [0.15, 0.2) is 4.34 Å². The number of rotatable bonds is 17. The molecular weight excluding hydrogens is 428 g/mol. The number of fused-ring (bicyclic) bond motifs is 1. The number of carbonyl (C=O) groups is 2. The molecule has 1 unspecified atom stereocenters. The first-order valence-electron chi connectivity index (χ1n) is 11.6. The van der Waals surface area contributed by atoms with Gasteiger partial charge in [0.2, 0.25) is 5.91 Å². The molecule has 5 nitrogen and oxygen atoms in total. The first-order chi connectivity index (χ1) is 15.1. The van der Waals surface area contributed by atoms with Crippen LogP contribution in [0.25, 0.3) is 10.2 Å². The zero-order chi connectivity index (χ0) is 22.3. The zero-order valence-electron chi connectivity index (χ0n) is 18.6. The number of benzene rings is 1. The molecule has 1 aromatic carbocycles. The molecule has 0 spiro atoms. The third-order valence-corrected chi connectivity index (χ3v) is 7.66. The molecular formula is C24H36N2O3S2. The van der Waals surface area contributed by atoms with Crippen molar-refractivity contribution in [3.05, 3.63) is 24.3 Å². The van der Waals surface area contributed by atoms with Crippen LogP contribution in [-0.2, 0) is 9.59 Å². The molecule has 0 saturated heterocycles. The molecule has 0 fully saturated rings. The number of amides is 1. The lowest BCUT2D eigenvalue weighted by Crippen LogP contribution is -2.30. The monoisotopic (exact) mass is 464 g/mol. The summed E-state index contributed by atoms with van der Waals surface area (Å²) in [4.78, 5) is 28.3. The Morgan fingerprint density at radius 1 is 1.03 bits per heavy atom. The first kappa shape index (κ1) is 25.7. The molecule has 0 bridgehead atoms. The Hall–Kier alpha value is -1.60. The molecule has 1 amide bonds. The predicted octanol–water partition coefficient (Wildman–Crippen LogP) is 6.52. The predicted molar refractivity (Wildman–Crippen MR) is 131 cm³/mol. The van der Waals surface area contributed by atoms with E-state index in [1.54, 1.807) is 11.3 Å². The molecule has 1 atom stereocenters. The molecule has 0 saturated carbocycles. The van der Waals surface area contributed by atoms with Crippen molar-refractivity contribution in [2.75, 3.05) is 12.3 Å². The van der Waals surface area contributed by atoms with Crippen LogP contribution in [0, 0.1) is 5.92 Å². The Morgan fingerprint density at radius 2 is 1.68 bits per heavy atom. The molecule has 1 aromatic heterocycles. The fourth-order valence-corrected chi connectivity index (χ4v) is 5.61. The van der Waals surface area contributed by atoms with Crippen LogP contribution in [0.15, 0.2) is 28.6 Å². The molecule has 31 heavy (non-hydrogen) atoms. The molecule has 0 radical (unpaired) electrons. The van der Waals surface area contributed by atoms with Gasteiger partial charge >= 0.3 is 5.97 Å². The molecule has 0 aliphatic heterocycles. The number of hydrogen-bond donors (Lipinski definition) is 2. The van der Waals surface area contributed by atoms with Gasteiger partial charge in [0.05, 0.1) is 16.1 Å². The van der Waals surface area contributed by atoms with Crippen molar-refractivity contribution < 1.29 is 14.7 Å². The highest BCUT2D eigenvalue weighted by atomic mass is 32.2. The highest BCUT2D eigenvalue weighted by molar-refractivity contribution is 8.01. The Morgan fingerprint density at radius 3 is 2.32 bits per heavy atom. The van der Waals surface area contributed by atoms with Gasteiger partial charge in [-0.3, -0.25) is 9.59 Å². The number of nitrogens with zero attached hydrogens (tertiary/aromatic N) is 1. The van der Waals surface area contributed by atoms with Crippen LogP contribution in [-0.4, -0.2) is 34.3 Å². The number of unbranched alkanes of at least 4 members (excludes halogenated alkanes) is 9. The summed E-state index contributed by atoms with van der Waals surface area (Å²) in [5.74, 6) is -1.46. The third kappa shape index (κ3) is 10.5. The number of nitrogens with one attached hydrogen (secondary N) is 1. The quantitative estimate of drug-likeness (QED) is 0.206. The van der Waals surface area contributed by atoms with Crippen molar-refractivity contribution >= 4 is 45.2 Å². The summed E-state index contributed by atoms with van der Waals surface area (Å²) in [6, 6.07) is 7.86. The van der Waals surface area contributed by atoms with Gasteiger partial charge in [-0.25, -0.2) is 4.98 Å². The lowest BCUT2D eigenvalue weighted by molar-refractivity contribution is -0.143. The van der Waals surface area contributed by atoms with Gasteiger partial charge in [-0.15, -0.1) is 11.3 Å². The van der Waals surface area contributed by atoms with Crippen molar-refractivity contribution in [2.45, 2.75) is 81.9 Å². The van der Waals surface area contributed by atoms with E-state index in [9.17, 15) is 14.7 Å². The minimum Gasteiger partial charge on any atom is -0.481 e. The minimum absolute atomic E-state index is 0.0188. The van der Waals surface area contributed by atoms with Crippen molar-refractivity contribution in [3.63, 3.8) is 0 Å². The van der Waals surface area contributed by atoms with E-state index in [4.69, 9.17) is 0 Å². The molecule has 172 valence electrons. The largest absolute Gasteiger partial charge is 0.481 e. The average Bonchev–Trinajstić information content (AvgIpc) is 3.17. The van der Waals surface area contributed by atoms with Gasteiger partial charge in [-0.2, -0.15) is 0 Å². The average molecular weight is 465 g/mol. The summed E-state index contributed by atoms with van der Waals surface area (Å²) < 4.78 is 1.93. The summed E-state index contributed by atoms with van der Waals surface area (Å²) in [6.07, 6.45) is 12.6. The van der Waals surface area contributed by atoms with Crippen LogP contribution in [0.4, 0.5) is 0 Å². The van der Waals surface area contributed by atoms with E-state index in [1.807, 2.05) is 24.3 Å². The third-order valence-electron chi connectivity index (χ3n) is 5.32. The fraction of sp³-hybridized carbons (Fsp3) is 0.625. The maximum Gasteiger partial charge on any atom is 0.307 e. The van der Waals surface area contributed by atoms with Crippen molar-refractivity contribution in [3.8, 4) is 0 Å². The highest BCUT2D eigenvalue weighted by Crippen LogP contribution is 2.31. The Labute approximate surface area is 194 Å². The SMILES string of the molecule is CCCCCCCCCCCCNC(=O)CC(CSc1nc2ccccc2s1)C(=O)O. The van der Waals surface area contributed by atoms with Crippen LogP contribution in [0.2, 0.25) is 0 Å². The maximum atomic E-state index is 12.2. The van der Waals surface area contributed by atoms with Gasteiger partial charge in [0, 0.05) is 18.7 Å².